The van der Waals surface area contributed by atoms with Gasteiger partial charge in [0.2, 0.25) is 0 Å². The molecule has 124 valence electrons. The average molecular weight is 321 g/mol. The molecule has 5 nitrogen and oxygen atoms in total. The summed E-state index contributed by atoms with van der Waals surface area (Å²) in [6.07, 6.45) is 1.05. The van der Waals surface area contributed by atoms with Gasteiger partial charge in [0.05, 0.1) is 5.52 Å². The minimum absolute atomic E-state index is 0.655. The second-order valence-corrected chi connectivity index (χ2v) is 6.08. The van der Waals surface area contributed by atoms with Gasteiger partial charge in [-0.25, -0.2) is 9.97 Å². The number of para-hydroxylation sites is 2. The fraction of sp³-hybridized carbons (Fsp3) is 0.263. The van der Waals surface area contributed by atoms with Crippen molar-refractivity contribution in [1.29, 1.82) is 0 Å². The highest BCUT2D eigenvalue weighted by molar-refractivity contribution is 5.91. The summed E-state index contributed by atoms with van der Waals surface area (Å²) in [6, 6.07) is 15.7. The molecule has 2 aromatic carbocycles. The minimum atomic E-state index is 0.655. The summed E-state index contributed by atoms with van der Waals surface area (Å²) in [5.41, 5.74) is 8.56. The summed E-state index contributed by atoms with van der Waals surface area (Å²) >= 11 is 0. The first-order chi connectivity index (χ1) is 11.6. The molecule has 0 aliphatic heterocycles. The number of rotatable bonds is 6. The Hall–Kier alpha value is -2.66. The van der Waals surface area contributed by atoms with Crippen molar-refractivity contribution in [1.82, 2.24) is 14.9 Å². The fourth-order valence-electron chi connectivity index (χ4n) is 2.63. The molecule has 0 atom stereocenters. The number of nitrogens with one attached hydrogen (secondary N) is 1. The SMILES string of the molecule is CN(C)CCCNc1nc(-c2ccccc2N)nc2ccccc12. The predicted molar refractivity (Wildman–Crippen MR) is 101 cm³/mol. The zero-order chi connectivity index (χ0) is 16.9. The van der Waals surface area contributed by atoms with Gasteiger partial charge in [0.15, 0.2) is 5.82 Å². The van der Waals surface area contributed by atoms with Crippen molar-refractivity contribution < 1.29 is 0 Å². The Bertz CT molecular complexity index is 829. The van der Waals surface area contributed by atoms with Gasteiger partial charge in [-0.3, -0.25) is 0 Å². The first-order valence-electron chi connectivity index (χ1n) is 8.15. The van der Waals surface area contributed by atoms with Gasteiger partial charge >= 0.3 is 0 Å². The third-order valence-corrected chi connectivity index (χ3v) is 3.88. The molecule has 0 saturated carbocycles. The zero-order valence-electron chi connectivity index (χ0n) is 14.2. The van der Waals surface area contributed by atoms with Crippen molar-refractivity contribution in [3.63, 3.8) is 0 Å². The molecule has 0 unspecified atom stereocenters. The van der Waals surface area contributed by atoms with Crippen LogP contribution in [0.25, 0.3) is 22.3 Å². The van der Waals surface area contributed by atoms with E-state index in [1.54, 1.807) is 0 Å². The number of nitrogens with zero attached hydrogens (tertiary/aromatic N) is 3. The highest BCUT2D eigenvalue weighted by atomic mass is 15.1. The number of anilines is 2. The van der Waals surface area contributed by atoms with Crippen LogP contribution in [0.5, 0.6) is 0 Å². The molecule has 0 saturated heterocycles. The smallest absolute Gasteiger partial charge is 0.164 e. The number of benzene rings is 2. The van der Waals surface area contributed by atoms with Crippen LogP contribution in [-0.4, -0.2) is 42.1 Å². The summed E-state index contributed by atoms with van der Waals surface area (Å²) in [6.45, 7) is 1.90. The van der Waals surface area contributed by atoms with E-state index in [9.17, 15) is 0 Å². The van der Waals surface area contributed by atoms with Crippen molar-refractivity contribution in [3.05, 3.63) is 48.5 Å². The van der Waals surface area contributed by atoms with Crippen LogP contribution in [-0.2, 0) is 0 Å². The molecule has 0 bridgehead atoms. The minimum Gasteiger partial charge on any atom is -0.398 e. The Balaban J connectivity index is 1.96. The second kappa shape index (κ2) is 7.27. The lowest BCUT2D eigenvalue weighted by Crippen LogP contribution is -2.17. The maximum Gasteiger partial charge on any atom is 0.164 e. The van der Waals surface area contributed by atoms with Crippen LogP contribution in [0.3, 0.4) is 0 Å². The van der Waals surface area contributed by atoms with E-state index in [0.717, 1.165) is 41.8 Å². The van der Waals surface area contributed by atoms with Gasteiger partial charge in [0.25, 0.3) is 0 Å². The van der Waals surface area contributed by atoms with E-state index in [-0.39, 0.29) is 0 Å². The van der Waals surface area contributed by atoms with Crippen LogP contribution in [0.2, 0.25) is 0 Å². The molecule has 3 N–H and O–H groups in total. The number of aromatic nitrogens is 2. The quantitative estimate of drug-likeness (QED) is 0.539. The Morgan fingerprint density at radius 2 is 1.75 bits per heavy atom. The molecule has 3 rings (SSSR count). The van der Waals surface area contributed by atoms with Crippen LogP contribution in [0.15, 0.2) is 48.5 Å². The highest BCUT2D eigenvalue weighted by Gasteiger charge is 2.10. The summed E-state index contributed by atoms with van der Waals surface area (Å²) < 4.78 is 0. The molecule has 0 aliphatic rings. The van der Waals surface area contributed by atoms with E-state index in [1.165, 1.54) is 0 Å². The van der Waals surface area contributed by atoms with Gasteiger partial charge in [-0.2, -0.15) is 0 Å². The van der Waals surface area contributed by atoms with Crippen molar-refractivity contribution in [3.8, 4) is 11.4 Å². The molecular formula is C19H23N5. The van der Waals surface area contributed by atoms with Crippen molar-refractivity contribution in [2.24, 2.45) is 0 Å². The molecule has 0 spiro atoms. The van der Waals surface area contributed by atoms with Crippen LogP contribution in [0.1, 0.15) is 6.42 Å². The lowest BCUT2D eigenvalue weighted by atomic mass is 10.1. The maximum absolute atomic E-state index is 6.10. The standard InChI is InChI=1S/C19H23N5/c1-24(2)13-7-12-21-18-15-9-4-6-11-17(15)22-19(23-18)14-8-3-5-10-16(14)20/h3-6,8-11H,7,12-13,20H2,1-2H3,(H,21,22,23). The van der Waals surface area contributed by atoms with E-state index >= 15 is 0 Å². The third kappa shape index (κ3) is 3.63. The second-order valence-electron chi connectivity index (χ2n) is 6.08. The topological polar surface area (TPSA) is 67.1 Å². The third-order valence-electron chi connectivity index (χ3n) is 3.88. The highest BCUT2D eigenvalue weighted by Crippen LogP contribution is 2.27. The van der Waals surface area contributed by atoms with Gasteiger partial charge in [-0.05, 0) is 51.3 Å². The predicted octanol–water partition coefficient (Wildman–Crippen LogP) is 3.24. The van der Waals surface area contributed by atoms with E-state index in [4.69, 9.17) is 10.7 Å². The summed E-state index contributed by atoms with van der Waals surface area (Å²) in [5.74, 6) is 1.51. The molecule has 3 aromatic rings. The lowest BCUT2D eigenvalue weighted by molar-refractivity contribution is 0.405. The molecule has 1 heterocycles. The molecule has 0 aliphatic carbocycles. The van der Waals surface area contributed by atoms with Crippen molar-refractivity contribution >= 4 is 22.4 Å². The lowest BCUT2D eigenvalue weighted by Gasteiger charge is -2.13. The molecule has 5 heteroatoms. The van der Waals surface area contributed by atoms with Crippen LogP contribution < -0.4 is 11.1 Å². The van der Waals surface area contributed by atoms with E-state index in [2.05, 4.69) is 29.3 Å². The summed E-state index contributed by atoms with van der Waals surface area (Å²) in [7, 11) is 4.16. The molecule has 0 fully saturated rings. The Kier molecular flexibility index (Phi) is 4.91. The fourth-order valence-corrected chi connectivity index (χ4v) is 2.63. The maximum atomic E-state index is 6.10. The average Bonchev–Trinajstić information content (AvgIpc) is 2.58. The van der Waals surface area contributed by atoms with Crippen LogP contribution in [0, 0.1) is 0 Å². The van der Waals surface area contributed by atoms with Gasteiger partial charge in [-0.1, -0.05) is 24.3 Å². The number of hydrogen-bond acceptors (Lipinski definition) is 5. The normalized spacial score (nSPS) is 11.1. The number of nitrogen functional groups attached to an aromatic ring is 1. The molecule has 1 aromatic heterocycles. The van der Waals surface area contributed by atoms with Gasteiger partial charge in [0, 0.05) is 23.2 Å². The Labute approximate surface area is 142 Å². The number of hydrogen-bond donors (Lipinski definition) is 2. The number of fused-ring (bicyclic) bond motifs is 1. The Morgan fingerprint density at radius 1 is 1.00 bits per heavy atom. The van der Waals surface area contributed by atoms with E-state index in [0.29, 0.717) is 11.5 Å². The van der Waals surface area contributed by atoms with Gasteiger partial charge < -0.3 is 16.0 Å². The first-order valence-corrected chi connectivity index (χ1v) is 8.15. The largest absolute Gasteiger partial charge is 0.398 e. The van der Waals surface area contributed by atoms with E-state index < -0.39 is 0 Å². The zero-order valence-corrected chi connectivity index (χ0v) is 14.2. The molecule has 24 heavy (non-hydrogen) atoms. The first kappa shape index (κ1) is 16.2. The van der Waals surface area contributed by atoms with Crippen LogP contribution >= 0.6 is 0 Å². The van der Waals surface area contributed by atoms with E-state index in [1.807, 2.05) is 48.5 Å². The summed E-state index contributed by atoms with van der Waals surface area (Å²) in [5, 5.41) is 4.48. The van der Waals surface area contributed by atoms with Crippen molar-refractivity contribution in [2.45, 2.75) is 6.42 Å². The molecule has 0 radical (unpaired) electrons. The monoisotopic (exact) mass is 321 g/mol. The summed E-state index contributed by atoms with van der Waals surface area (Å²) in [4.78, 5) is 11.6. The van der Waals surface area contributed by atoms with Crippen molar-refractivity contribution in [2.75, 3.05) is 38.2 Å². The molecular weight excluding hydrogens is 298 g/mol. The Morgan fingerprint density at radius 3 is 2.54 bits per heavy atom. The molecule has 0 amide bonds. The number of nitrogens with two attached hydrogens (primary N) is 1. The van der Waals surface area contributed by atoms with Gasteiger partial charge in [-0.15, -0.1) is 0 Å². The van der Waals surface area contributed by atoms with Crippen LogP contribution in [0.4, 0.5) is 11.5 Å². The van der Waals surface area contributed by atoms with Gasteiger partial charge in [0.1, 0.15) is 5.82 Å².